The van der Waals surface area contributed by atoms with Crippen LogP contribution < -0.4 is 5.32 Å². The lowest BCUT2D eigenvalue weighted by Crippen LogP contribution is -2.37. The van der Waals surface area contributed by atoms with Crippen LogP contribution in [0.4, 0.5) is 0 Å². The number of nitrogens with zero attached hydrogens (tertiary/aromatic N) is 6. The van der Waals surface area contributed by atoms with E-state index in [2.05, 4.69) is 44.6 Å². The average Bonchev–Trinajstić information content (AvgIpc) is 2.94. The molecule has 0 spiro atoms. The molecule has 0 bridgehead atoms. The van der Waals surface area contributed by atoms with Gasteiger partial charge in [0.25, 0.3) is 0 Å². The molecule has 2 rings (SSSR count). The van der Waals surface area contributed by atoms with E-state index in [-0.39, 0.29) is 18.5 Å². The highest BCUT2D eigenvalue weighted by molar-refractivity contribution is 5.75. The van der Waals surface area contributed by atoms with Gasteiger partial charge in [0.1, 0.15) is 6.54 Å². The Morgan fingerprint density at radius 3 is 2.83 bits per heavy atom. The maximum Gasteiger partial charge on any atom is 0.242 e. The molecule has 0 fully saturated rings. The maximum absolute atomic E-state index is 12.2. The second-order valence-electron chi connectivity index (χ2n) is 6.30. The van der Waals surface area contributed by atoms with Crippen molar-refractivity contribution in [1.29, 1.82) is 0 Å². The Labute approximate surface area is 142 Å². The van der Waals surface area contributed by atoms with Crippen LogP contribution in [0.3, 0.4) is 0 Å². The van der Waals surface area contributed by atoms with Gasteiger partial charge in [0.15, 0.2) is 5.82 Å². The largest absolute Gasteiger partial charge is 0.352 e. The van der Waals surface area contributed by atoms with E-state index in [1.165, 1.54) is 0 Å². The third kappa shape index (κ3) is 5.38. The molecule has 0 unspecified atom stereocenters. The number of carbonyl (C=O) groups excluding carboxylic acids is 1. The van der Waals surface area contributed by atoms with Crippen molar-refractivity contribution < 1.29 is 4.79 Å². The molecular formula is C16H25N7O. The van der Waals surface area contributed by atoms with Crippen LogP contribution in [0.2, 0.25) is 0 Å². The van der Waals surface area contributed by atoms with Crippen LogP contribution in [0.1, 0.15) is 32.2 Å². The van der Waals surface area contributed by atoms with Crippen molar-refractivity contribution in [2.45, 2.75) is 52.4 Å². The van der Waals surface area contributed by atoms with Crippen molar-refractivity contribution in [3.63, 3.8) is 0 Å². The number of hydrogen-bond donors (Lipinski definition) is 1. The quantitative estimate of drug-likeness (QED) is 0.764. The molecule has 8 nitrogen and oxygen atoms in total. The topological polar surface area (TPSA) is 88.8 Å². The van der Waals surface area contributed by atoms with Crippen LogP contribution in [0.5, 0.6) is 0 Å². The SMILES string of the molecule is CC(C)N(C)Cc1nnnn1CC(=O)N[C@@H](C)Cc1cccnc1. The Hall–Kier alpha value is -2.35. The normalized spacial score (nSPS) is 12.6. The van der Waals surface area contributed by atoms with E-state index in [1.54, 1.807) is 10.9 Å². The summed E-state index contributed by atoms with van der Waals surface area (Å²) in [5.74, 6) is 0.577. The minimum Gasteiger partial charge on any atom is -0.352 e. The molecule has 0 saturated carbocycles. The number of hydrogen-bond acceptors (Lipinski definition) is 6. The summed E-state index contributed by atoms with van der Waals surface area (Å²) in [5, 5.41) is 14.6. The summed E-state index contributed by atoms with van der Waals surface area (Å²) in [6, 6.07) is 4.28. The summed E-state index contributed by atoms with van der Waals surface area (Å²) in [6.45, 7) is 6.88. The van der Waals surface area contributed by atoms with E-state index in [0.717, 1.165) is 12.0 Å². The van der Waals surface area contributed by atoms with E-state index >= 15 is 0 Å². The second kappa shape index (κ2) is 8.49. The molecule has 1 atom stereocenters. The highest BCUT2D eigenvalue weighted by atomic mass is 16.2. The molecule has 24 heavy (non-hydrogen) atoms. The lowest BCUT2D eigenvalue weighted by Gasteiger charge is -2.20. The molecule has 0 saturated heterocycles. The van der Waals surface area contributed by atoms with E-state index in [0.29, 0.717) is 18.4 Å². The zero-order valence-corrected chi connectivity index (χ0v) is 14.7. The minimum absolute atomic E-state index is 0.0139. The maximum atomic E-state index is 12.2. The average molecular weight is 331 g/mol. The number of pyridine rings is 1. The summed E-state index contributed by atoms with van der Waals surface area (Å²) in [7, 11) is 2.00. The molecule has 0 aliphatic carbocycles. The van der Waals surface area contributed by atoms with Gasteiger partial charge in [-0.1, -0.05) is 6.07 Å². The molecule has 2 heterocycles. The molecule has 0 aromatic carbocycles. The van der Waals surface area contributed by atoms with Crippen molar-refractivity contribution in [3.05, 3.63) is 35.9 Å². The number of aromatic nitrogens is 5. The van der Waals surface area contributed by atoms with Crippen molar-refractivity contribution in [2.24, 2.45) is 0 Å². The third-order valence-corrected chi connectivity index (χ3v) is 3.84. The van der Waals surface area contributed by atoms with Gasteiger partial charge in [-0.15, -0.1) is 5.10 Å². The Balaban J connectivity index is 1.87. The lowest BCUT2D eigenvalue weighted by molar-refractivity contribution is -0.122. The van der Waals surface area contributed by atoms with Crippen LogP contribution >= 0.6 is 0 Å². The highest BCUT2D eigenvalue weighted by Gasteiger charge is 2.15. The first-order valence-electron chi connectivity index (χ1n) is 8.09. The van der Waals surface area contributed by atoms with Crippen LogP contribution in [0.15, 0.2) is 24.5 Å². The van der Waals surface area contributed by atoms with Gasteiger partial charge in [0, 0.05) is 24.5 Å². The Bertz CT molecular complexity index is 641. The van der Waals surface area contributed by atoms with Crippen LogP contribution in [0.25, 0.3) is 0 Å². The third-order valence-electron chi connectivity index (χ3n) is 3.84. The van der Waals surface area contributed by atoms with Gasteiger partial charge in [-0.25, -0.2) is 4.68 Å². The standard InChI is InChI=1S/C16H25N7O/c1-12(2)22(4)10-15-19-20-21-23(15)11-16(24)18-13(3)8-14-6-5-7-17-9-14/h5-7,9,12-13H,8,10-11H2,1-4H3,(H,18,24)/t13-/m0/s1. The molecule has 0 radical (unpaired) electrons. The molecule has 2 aromatic heterocycles. The summed E-state index contributed by atoms with van der Waals surface area (Å²) in [6.07, 6.45) is 4.28. The molecule has 130 valence electrons. The van der Waals surface area contributed by atoms with Crippen LogP contribution in [-0.2, 0) is 24.3 Å². The number of nitrogens with one attached hydrogen (secondary N) is 1. The van der Waals surface area contributed by atoms with Gasteiger partial charge < -0.3 is 5.32 Å². The molecular weight excluding hydrogens is 306 g/mol. The predicted molar refractivity (Wildman–Crippen MR) is 90.0 cm³/mol. The minimum atomic E-state index is -0.104. The Morgan fingerprint density at radius 1 is 1.38 bits per heavy atom. The van der Waals surface area contributed by atoms with Gasteiger partial charge in [-0.3, -0.25) is 14.7 Å². The summed E-state index contributed by atoms with van der Waals surface area (Å²) >= 11 is 0. The number of amides is 1. The first kappa shape index (κ1) is 18.0. The highest BCUT2D eigenvalue weighted by Crippen LogP contribution is 2.03. The first-order valence-corrected chi connectivity index (χ1v) is 8.09. The molecule has 1 amide bonds. The van der Waals surface area contributed by atoms with Gasteiger partial charge in [0.05, 0.1) is 6.54 Å². The number of tetrazole rings is 1. The van der Waals surface area contributed by atoms with Gasteiger partial charge in [-0.05, 0) is 56.3 Å². The van der Waals surface area contributed by atoms with E-state index in [1.807, 2.05) is 32.3 Å². The van der Waals surface area contributed by atoms with Crippen LogP contribution in [-0.4, -0.2) is 55.1 Å². The summed E-state index contributed by atoms with van der Waals surface area (Å²) in [4.78, 5) is 18.4. The Kier molecular flexibility index (Phi) is 6.36. The van der Waals surface area contributed by atoms with Gasteiger partial charge in [-0.2, -0.15) is 0 Å². The summed E-state index contributed by atoms with van der Waals surface area (Å²) < 4.78 is 1.55. The lowest BCUT2D eigenvalue weighted by atomic mass is 10.1. The van der Waals surface area contributed by atoms with Crippen molar-refractivity contribution in [2.75, 3.05) is 7.05 Å². The Morgan fingerprint density at radius 2 is 2.17 bits per heavy atom. The molecule has 1 N–H and O–H groups in total. The van der Waals surface area contributed by atoms with Gasteiger partial charge >= 0.3 is 0 Å². The fourth-order valence-electron chi connectivity index (χ4n) is 2.24. The number of carbonyl (C=O) groups is 1. The fourth-order valence-corrected chi connectivity index (χ4v) is 2.24. The van der Waals surface area contributed by atoms with Crippen molar-refractivity contribution >= 4 is 5.91 Å². The molecule has 8 heteroatoms. The number of rotatable bonds is 8. The van der Waals surface area contributed by atoms with Gasteiger partial charge in [0.2, 0.25) is 5.91 Å². The van der Waals surface area contributed by atoms with E-state index in [4.69, 9.17) is 0 Å². The first-order chi connectivity index (χ1) is 11.5. The van der Waals surface area contributed by atoms with Crippen molar-refractivity contribution in [3.8, 4) is 0 Å². The zero-order valence-electron chi connectivity index (χ0n) is 14.7. The molecule has 0 aliphatic rings. The smallest absolute Gasteiger partial charge is 0.242 e. The monoisotopic (exact) mass is 331 g/mol. The molecule has 0 aliphatic heterocycles. The molecule has 2 aromatic rings. The fraction of sp³-hybridized carbons (Fsp3) is 0.562. The second-order valence-corrected chi connectivity index (χ2v) is 6.30. The van der Waals surface area contributed by atoms with Crippen LogP contribution in [0, 0.1) is 0 Å². The van der Waals surface area contributed by atoms with E-state index in [9.17, 15) is 4.79 Å². The van der Waals surface area contributed by atoms with Crippen molar-refractivity contribution in [1.82, 2.24) is 35.4 Å². The summed E-state index contributed by atoms with van der Waals surface area (Å²) in [5.41, 5.74) is 1.09. The predicted octanol–water partition coefficient (Wildman–Crippen LogP) is 0.656. The van der Waals surface area contributed by atoms with E-state index < -0.39 is 0 Å². The zero-order chi connectivity index (χ0) is 17.5.